The van der Waals surface area contributed by atoms with Crippen LogP contribution in [0.25, 0.3) is 0 Å². The number of aliphatic hydroxyl groups excluding tert-OH is 5. The van der Waals surface area contributed by atoms with Gasteiger partial charge in [0, 0.05) is 0 Å². The largest absolute Gasteiger partial charge is 0.397 e. The minimum Gasteiger partial charge on any atom is -0.388 e. The number of ether oxygens (including phenoxy) is 9. The molecular formula is C30H52O42S7. The van der Waals surface area contributed by atoms with Gasteiger partial charge in [-0.05, 0) is 34.6 Å². The first-order chi connectivity index (χ1) is 35.6. The fourth-order valence-electron chi connectivity index (χ4n) is 8.40. The van der Waals surface area contributed by atoms with Crippen molar-refractivity contribution >= 4 is 72.8 Å². The van der Waals surface area contributed by atoms with Crippen LogP contribution in [0.2, 0.25) is 0 Å². The molecule has 0 aromatic heterocycles. The average molecular weight is 1310 g/mol. The van der Waals surface area contributed by atoms with Crippen molar-refractivity contribution in [1.82, 2.24) is 0 Å². The molecule has 0 aliphatic carbocycles. The second kappa shape index (κ2) is 25.2. The fourth-order valence-corrected chi connectivity index (χ4v) is 11.8. The van der Waals surface area contributed by atoms with Crippen molar-refractivity contribution < 1.29 is 188 Å². The van der Waals surface area contributed by atoms with Crippen LogP contribution in [-0.2, 0) is 145 Å². The van der Waals surface area contributed by atoms with E-state index in [1.807, 2.05) is 0 Å². The van der Waals surface area contributed by atoms with E-state index in [0.717, 1.165) is 34.6 Å². The standard InChI is InChI=1S/C30H52O42S7/c1-6-11(31)14(34)19(66-73(36,37)38)27(58-6)62-15-9(4)61-30(25(72-79(54,55)56)20(15)67-74(39,40)41)65-18-13(33)8(3)59-28(23(18)70-77(48,49)50)63-16-10(5)60-29(24(71-78(51,52)53)21(16)68-75(42,43)44)64-17-12(32)7(2)57-26(35)22(17)69-76(45,46)47/h6-35H,1-5H3,(H,36,37,38)(H,39,40,41)(H,42,43,44)(H,45,46,47)(H,48,49,50)(H,51,52,53)(H,54,55,56)/t6-,7-,8-,9-,10-,11+,12+,13+,14+,15+,16+,17+,18+,19-,20+,21+,22-,23-,24-,25-,26-,27-,28-,29-,30-/m0/s1. The van der Waals surface area contributed by atoms with Crippen LogP contribution < -0.4 is 0 Å². The van der Waals surface area contributed by atoms with Gasteiger partial charge in [-0.25, -0.2) is 29.3 Å². The van der Waals surface area contributed by atoms with Crippen molar-refractivity contribution in [2.45, 2.75) is 188 Å². The summed E-state index contributed by atoms with van der Waals surface area (Å²) >= 11 is 0. The predicted molar refractivity (Wildman–Crippen MR) is 232 cm³/mol. The maximum Gasteiger partial charge on any atom is 0.397 e. The molecule has 79 heavy (non-hydrogen) atoms. The van der Waals surface area contributed by atoms with E-state index in [2.05, 4.69) is 29.3 Å². The molecule has 0 amide bonds. The molecule has 5 aliphatic rings. The Morgan fingerprint density at radius 3 is 0.823 bits per heavy atom. The molecule has 12 N–H and O–H groups in total. The topological polar surface area (TPSA) is 629 Å². The van der Waals surface area contributed by atoms with Crippen LogP contribution in [0, 0.1) is 0 Å². The van der Waals surface area contributed by atoms with E-state index in [9.17, 15) is 116 Å². The molecular weight excluding hydrogens is 1260 g/mol. The number of rotatable bonds is 22. The first-order valence-corrected chi connectivity index (χ1v) is 31.1. The number of hydrogen-bond donors (Lipinski definition) is 12. The minimum atomic E-state index is -6.05. The summed E-state index contributed by atoms with van der Waals surface area (Å²) in [7, 11) is -41.3. The Balaban J connectivity index is 1.59. The minimum absolute atomic E-state index is 0.824. The van der Waals surface area contributed by atoms with Gasteiger partial charge in [-0.2, -0.15) is 58.9 Å². The Hall–Kier alpha value is -1.47. The smallest absolute Gasteiger partial charge is 0.388 e. The van der Waals surface area contributed by atoms with Crippen molar-refractivity contribution in [3.63, 3.8) is 0 Å². The van der Waals surface area contributed by atoms with Gasteiger partial charge in [-0.3, -0.25) is 31.9 Å². The molecule has 5 rings (SSSR count). The summed E-state index contributed by atoms with van der Waals surface area (Å²) in [6, 6.07) is 0. The zero-order valence-corrected chi connectivity index (χ0v) is 45.6. The molecule has 5 heterocycles. The number of hydrogen-bond acceptors (Lipinski definition) is 35. The molecule has 466 valence electrons. The Kier molecular flexibility index (Phi) is 21.8. The van der Waals surface area contributed by atoms with Crippen LogP contribution in [0.1, 0.15) is 34.6 Å². The molecule has 0 saturated carbocycles. The third-order valence-corrected chi connectivity index (χ3v) is 14.8. The Bertz CT molecular complexity index is 2910. The summed E-state index contributed by atoms with van der Waals surface area (Å²) in [6.07, 6.45) is -61.3. The highest BCUT2D eigenvalue weighted by atomic mass is 32.3. The van der Waals surface area contributed by atoms with E-state index >= 15 is 0 Å². The second-order valence-corrected chi connectivity index (χ2v) is 24.7. The van der Waals surface area contributed by atoms with Crippen LogP contribution in [0.4, 0.5) is 0 Å². The Morgan fingerprint density at radius 2 is 0.481 bits per heavy atom. The first kappa shape index (κ1) is 68.3. The van der Waals surface area contributed by atoms with E-state index in [4.69, 9.17) is 42.6 Å². The highest BCUT2D eigenvalue weighted by molar-refractivity contribution is 7.82. The predicted octanol–water partition coefficient (Wildman–Crippen LogP) is -8.00. The summed E-state index contributed by atoms with van der Waals surface area (Å²) in [6.45, 7) is 4.61. The summed E-state index contributed by atoms with van der Waals surface area (Å²) in [5.74, 6) is 0. The van der Waals surface area contributed by atoms with Crippen LogP contribution >= 0.6 is 0 Å². The van der Waals surface area contributed by atoms with Crippen molar-refractivity contribution in [2.75, 3.05) is 0 Å². The van der Waals surface area contributed by atoms with E-state index in [0.29, 0.717) is 0 Å². The van der Waals surface area contributed by atoms with Crippen LogP contribution in [0.5, 0.6) is 0 Å². The van der Waals surface area contributed by atoms with Gasteiger partial charge in [-0.1, -0.05) is 0 Å². The van der Waals surface area contributed by atoms with Crippen molar-refractivity contribution in [1.29, 1.82) is 0 Å². The van der Waals surface area contributed by atoms with Crippen LogP contribution in [0.15, 0.2) is 0 Å². The molecule has 5 fully saturated rings. The lowest BCUT2D eigenvalue weighted by atomic mass is 9.96. The van der Waals surface area contributed by atoms with Gasteiger partial charge in [0.25, 0.3) is 0 Å². The van der Waals surface area contributed by atoms with Crippen LogP contribution in [-0.4, -0.2) is 270 Å². The maximum absolute atomic E-state index is 12.5. The summed E-state index contributed by atoms with van der Waals surface area (Å²) in [5, 5.41) is 53.8. The molecule has 49 heteroatoms. The van der Waals surface area contributed by atoms with Gasteiger partial charge in [0.15, 0.2) is 62.0 Å². The molecule has 5 saturated heterocycles. The quantitative estimate of drug-likeness (QED) is 0.0448. The van der Waals surface area contributed by atoms with Gasteiger partial charge in [-0.15, -0.1) is 0 Å². The Morgan fingerprint density at radius 1 is 0.253 bits per heavy atom. The first-order valence-electron chi connectivity index (χ1n) is 21.5. The Labute approximate surface area is 447 Å². The van der Waals surface area contributed by atoms with E-state index < -0.39 is 226 Å². The molecule has 0 bridgehead atoms. The third-order valence-electron chi connectivity index (χ3n) is 11.6. The SMILES string of the molecule is C[C@@H]1O[C@@H](O[C@H]2[C@@H](OS(=O)(=O)O)[C@H](OS(=O)(=O)O)[C@H](O[C@@H]3[C@H](O)[C@H](C)O[C@@H](O[C@H]4[C@@H](OS(=O)(=O)O)[C@H](OS(=O)(=O)O)[C@H](O[C@@H]5[C@H](O)[C@H](C)O[C@H](O)[C@H]5OS(=O)(=O)O)O[C@H]4C)[C@H]3OS(=O)(=O)O)O[C@H]2C)[C@@H](OS(=O)(=O)O)[C@H](O)[C@@H]1O. The molecule has 0 spiro atoms. The van der Waals surface area contributed by atoms with Crippen molar-refractivity contribution in [2.24, 2.45) is 0 Å². The molecule has 5 aliphatic heterocycles. The van der Waals surface area contributed by atoms with Crippen molar-refractivity contribution in [3.8, 4) is 0 Å². The van der Waals surface area contributed by atoms with E-state index in [1.54, 1.807) is 0 Å². The highest BCUT2D eigenvalue weighted by Gasteiger charge is 2.60. The van der Waals surface area contributed by atoms with Gasteiger partial charge >= 0.3 is 72.8 Å². The monoisotopic (exact) mass is 1310 g/mol. The fraction of sp³-hybridized carbons (Fsp3) is 1.00. The lowest BCUT2D eigenvalue weighted by Crippen LogP contribution is -2.68. The zero-order valence-electron chi connectivity index (χ0n) is 39.9. The van der Waals surface area contributed by atoms with Crippen molar-refractivity contribution in [3.05, 3.63) is 0 Å². The third kappa shape index (κ3) is 19.0. The maximum atomic E-state index is 12.5. The number of aliphatic hydroxyl groups is 5. The zero-order chi connectivity index (χ0) is 60.2. The average Bonchev–Trinajstić information content (AvgIpc) is 3.24. The van der Waals surface area contributed by atoms with Gasteiger partial charge in [0.2, 0.25) is 0 Å². The molecule has 0 radical (unpaired) electrons. The van der Waals surface area contributed by atoms with E-state index in [-0.39, 0.29) is 0 Å². The second-order valence-electron chi connectivity index (χ2n) is 17.4. The van der Waals surface area contributed by atoms with Gasteiger partial charge in [0.1, 0.15) is 61.0 Å². The van der Waals surface area contributed by atoms with Gasteiger partial charge in [0.05, 0.1) is 30.5 Å². The summed E-state index contributed by atoms with van der Waals surface area (Å²) < 4.78 is 320. The van der Waals surface area contributed by atoms with E-state index in [1.165, 1.54) is 0 Å². The molecule has 25 atom stereocenters. The summed E-state index contributed by atoms with van der Waals surface area (Å²) in [4.78, 5) is 0. The molecule has 0 unspecified atom stereocenters. The summed E-state index contributed by atoms with van der Waals surface area (Å²) in [5.41, 5.74) is 0. The van der Waals surface area contributed by atoms with Crippen LogP contribution in [0.3, 0.4) is 0 Å². The highest BCUT2D eigenvalue weighted by Crippen LogP contribution is 2.40. The molecule has 0 aromatic rings. The lowest BCUT2D eigenvalue weighted by molar-refractivity contribution is -0.380. The molecule has 42 nitrogen and oxygen atoms in total. The van der Waals surface area contributed by atoms with Gasteiger partial charge < -0.3 is 68.2 Å². The molecule has 0 aromatic carbocycles. The lowest BCUT2D eigenvalue weighted by Gasteiger charge is -2.50. The normalized spacial score (nSPS) is 42.6.